The Labute approximate surface area is 110 Å². The first-order chi connectivity index (χ1) is 9.18. The third kappa shape index (κ3) is 1.93. The van der Waals surface area contributed by atoms with E-state index >= 15 is 0 Å². The second-order valence-corrected chi connectivity index (χ2v) is 4.39. The fourth-order valence-electron chi connectivity index (χ4n) is 2.42. The second kappa shape index (κ2) is 4.53. The van der Waals surface area contributed by atoms with Crippen molar-refractivity contribution in [3.05, 3.63) is 53.6 Å². The number of carboxylic acids is 1. The molecule has 1 heterocycles. The van der Waals surface area contributed by atoms with Gasteiger partial charge in [0.05, 0.1) is 12.2 Å². The number of aromatic carboxylic acids is 1. The molecule has 0 amide bonds. The molecule has 94 valence electrons. The van der Waals surface area contributed by atoms with Crippen LogP contribution in [0.1, 0.15) is 15.9 Å². The Morgan fingerprint density at radius 1 is 1.11 bits per heavy atom. The molecule has 1 aliphatic rings. The zero-order chi connectivity index (χ0) is 13.4. The fraction of sp³-hybridized carbons (Fsp3) is 0.0714. The number of benzene rings is 2. The predicted octanol–water partition coefficient (Wildman–Crippen LogP) is 1.27. The molecule has 2 N–H and O–H groups in total. The van der Waals surface area contributed by atoms with Crippen molar-refractivity contribution in [3.8, 4) is 11.1 Å². The summed E-state index contributed by atoms with van der Waals surface area (Å²) < 4.78 is 5.19. The highest BCUT2D eigenvalue weighted by Gasteiger charge is 2.31. The number of hydrogen-bond acceptors (Lipinski definition) is 3. The van der Waals surface area contributed by atoms with Crippen molar-refractivity contribution in [1.29, 1.82) is 0 Å². The summed E-state index contributed by atoms with van der Waals surface area (Å²) in [5.41, 5.74) is 3.08. The van der Waals surface area contributed by atoms with Crippen molar-refractivity contribution in [2.24, 2.45) is 0 Å². The molecule has 0 unspecified atom stereocenters. The molecule has 0 spiro atoms. The van der Waals surface area contributed by atoms with Gasteiger partial charge in [-0.3, -0.25) is 0 Å². The Kier molecular flexibility index (Phi) is 2.85. The number of hydrogen-bond donors (Lipinski definition) is 2. The second-order valence-electron chi connectivity index (χ2n) is 4.39. The Bertz CT molecular complexity index is 654. The van der Waals surface area contributed by atoms with Gasteiger partial charge in [-0.15, -0.1) is 0 Å². The standard InChI is InChI=1S/C14H11BO4/c16-14(17)12-6-2-1-5-10(12)11-7-3-4-9-8-19-15(18)13(9)11/h1-7,18H,8H2,(H,16,17). The summed E-state index contributed by atoms with van der Waals surface area (Å²) in [7, 11) is -0.993. The van der Waals surface area contributed by atoms with Gasteiger partial charge in [-0.05, 0) is 28.2 Å². The van der Waals surface area contributed by atoms with E-state index in [4.69, 9.17) is 4.65 Å². The van der Waals surface area contributed by atoms with E-state index in [9.17, 15) is 14.9 Å². The SMILES string of the molecule is O=C(O)c1ccccc1-c1cccc2c1B(O)OC2. The van der Waals surface area contributed by atoms with Gasteiger partial charge in [-0.25, -0.2) is 4.79 Å². The first-order valence-corrected chi connectivity index (χ1v) is 5.92. The summed E-state index contributed by atoms with van der Waals surface area (Å²) in [6.45, 7) is 0.347. The lowest BCUT2D eigenvalue weighted by Crippen LogP contribution is -2.30. The van der Waals surface area contributed by atoms with E-state index in [1.165, 1.54) is 0 Å². The molecule has 0 fully saturated rings. The van der Waals surface area contributed by atoms with E-state index in [1.807, 2.05) is 12.1 Å². The molecule has 1 aliphatic heterocycles. The lowest BCUT2D eigenvalue weighted by Gasteiger charge is -2.11. The largest absolute Gasteiger partial charge is 0.492 e. The van der Waals surface area contributed by atoms with Crippen LogP contribution in [0.15, 0.2) is 42.5 Å². The Morgan fingerprint density at radius 2 is 1.84 bits per heavy atom. The molecule has 2 aromatic carbocycles. The highest BCUT2D eigenvalue weighted by atomic mass is 16.5. The van der Waals surface area contributed by atoms with Crippen LogP contribution in [0, 0.1) is 0 Å². The molecule has 4 nitrogen and oxygen atoms in total. The zero-order valence-corrected chi connectivity index (χ0v) is 10.0. The molecule has 0 bridgehead atoms. The van der Waals surface area contributed by atoms with E-state index in [0.717, 1.165) is 5.56 Å². The van der Waals surface area contributed by atoms with Crippen LogP contribution in [0.2, 0.25) is 0 Å². The fourth-order valence-corrected chi connectivity index (χ4v) is 2.42. The average molecular weight is 254 g/mol. The molecule has 0 saturated heterocycles. The van der Waals surface area contributed by atoms with Gasteiger partial charge in [-0.1, -0.05) is 36.4 Å². The molecular formula is C14H11BO4. The smallest absolute Gasteiger partial charge is 0.478 e. The highest BCUT2D eigenvalue weighted by Crippen LogP contribution is 2.25. The average Bonchev–Trinajstić information content (AvgIpc) is 2.81. The number of carbonyl (C=O) groups is 1. The van der Waals surface area contributed by atoms with Gasteiger partial charge in [0.2, 0.25) is 0 Å². The van der Waals surface area contributed by atoms with E-state index in [0.29, 0.717) is 23.2 Å². The summed E-state index contributed by atoms with van der Waals surface area (Å²) >= 11 is 0. The summed E-state index contributed by atoms with van der Waals surface area (Å²) in [5, 5.41) is 19.1. The van der Waals surface area contributed by atoms with Crippen LogP contribution in [0.25, 0.3) is 11.1 Å². The van der Waals surface area contributed by atoms with Crippen molar-refractivity contribution >= 4 is 18.6 Å². The first kappa shape index (κ1) is 12.0. The quantitative estimate of drug-likeness (QED) is 0.792. The van der Waals surface area contributed by atoms with Crippen molar-refractivity contribution in [2.45, 2.75) is 6.61 Å². The van der Waals surface area contributed by atoms with Gasteiger partial charge >= 0.3 is 13.1 Å². The normalized spacial score (nSPS) is 13.4. The molecule has 3 rings (SSSR count). The van der Waals surface area contributed by atoms with Crippen molar-refractivity contribution in [3.63, 3.8) is 0 Å². The third-order valence-corrected chi connectivity index (χ3v) is 3.29. The molecule has 2 aromatic rings. The maximum atomic E-state index is 11.3. The van der Waals surface area contributed by atoms with Gasteiger partial charge in [0, 0.05) is 0 Å². The maximum Gasteiger partial charge on any atom is 0.492 e. The lowest BCUT2D eigenvalue weighted by atomic mass is 9.74. The van der Waals surface area contributed by atoms with Crippen LogP contribution < -0.4 is 5.46 Å². The summed E-state index contributed by atoms with van der Waals surface area (Å²) in [4.78, 5) is 11.3. The minimum atomic E-state index is -0.993. The minimum absolute atomic E-state index is 0.218. The first-order valence-electron chi connectivity index (χ1n) is 5.92. The van der Waals surface area contributed by atoms with Crippen LogP contribution in [0.5, 0.6) is 0 Å². The van der Waals surface area contributed by atoms with E-state index in [2.05, 4.69) is 0 Å². The van der Waals surface area contributed by atoms with Crippen LogP contribution in [0.3, 0.4) is 0 Å². The summed E-state index contributed by atoms with van der Waals surface area (Å²) in [6, 6.07) is 12.3. The van der Waals surface area contributed by atoms with Crippen LogP contribution >= 0.6 is 0 Å². The van der Waals surface area contributed by atoms with Gasteiger partial charge in [0.1, 0.15) is 0 Å². The van der Waals surface area contributed by atoms with E-state index in [-0.39, 0.29) is 5.56 Å². The topological polar surface area (TPSA) is 66.8 Å². The number of carboxylic acid groups (broad SMARTS) is 1. The maximum absolute atomic E-state index is 11.3. The third-order valence-electron chi connectivity index (χ3n) is 3.29. The molecule has 0 saturated carbocycles. The van der Waals surface area contributed by atoms with Crippen LogP contribution in [-0.2, 0) is 11.3 Å². The monoisotopic (exact) mass is 254 g/mol. The van der Waals surface area contributed by atoms with Gasteiger partial charge in [-0.2, -0.15) is 0 Å². The molecule has 5 heteroatoms. The zero-order valence-electron chi connectivity index (χ0n) is 10.0. The van der Waals surface area contributed by atoms with Gasteiger partial charge in [0.15, 0.2) is 0 Å². The molecule has 0 atom stereocenters. The van der Waals surface area contributed by atoms with Gasteiger partial charge < -0.3 is 14.8 Å². The number of fused-ring (bicyclic) bond motifs is 1. The Balaban J connectivity index is 2.25. The lowest BCUT2D eigenvalue weighted by molar-refractivity contribution is 0.0697. The van der Waals surface area contributed by atoms with E-state index in [1.54, 1.807) is 30.3 Å². The molecule has 19 heavy (non-hydrogen) atoms. The van der Waals surface area contributed by atoms with Crippen molar-refractivity contribution < 1.29 is 19.6 Å². The Morgan fingerprint density at radius 3 is 2.63 bits per heavy atom. The highest BCUT2D eigenvalue weighted by molar-refractivity contribution is 6.63. The number of rotatable bonds is 2. The molecule has 0 aliphatic carbocycles. The van der Waals surface area contributed by atoms with Crippen LogP contribution in [-0.4, -0.2) is 23.2 Å². The summed E-state index contributed by atoms with van der Waals surface area (Å²) in [6.07, 6.45) is 0. The van der Waals surface area contributed by atoms with Gasteiger partial charge in [0.25, 0.3) is 0 Å². The molecular weight excluding hydrogens is 243 g/mol. The molecule has 0 radical (unpaired) electrons. The van der Waals surface area contributed by atoms with Crippen molar-refractivity contribution in [2.75, 3.05) is 0 Å². The molecule has 0 aromatic heterocycles. The van der Waals surface area contributed by atoms with E-state index < -0.39 is 13.1 Å². The van der Waals surface area contributed by atoms with Crippen molar-refractivity contribution in [1.82, 2.24) is 0 Å². The predicted molar refractivity (Wildman–Crippen MR) is 71.2 cm³/mol. The minimum Gasteiger partial charge on any atom is -0.478 e. The summed E-state index contributed by atoms with van der Waals surface area (Å²) in [5.74, 6) is -0.985. The van der Waals surface area contributed by atoms with Crippen LogP contribution in [0.4, 0.5) is 0 Å². The Hall–Kier alpha value is -2.11.